The first kappa shape index (κ1) is 22.3. The number of para-hydroxylation sites is 1. The third-order valence-corrected chi connectivity index (χ3v) is 6.73. The molecule has 1 atom stereocenters. The van der Waals surface area contributed by atoms with Crippen LogP contribution in [0.1, 0.15) is 45.1 Å². The Morgan fingerprint density at radius 1 is 1.07 bits per heavy atom. The minimum absolute atomic E-state index is 0.180. The molecule has 1 unspecified atom stereocenters. The molecule has 0 aromatic heterocycles. The van der Waals surface area contributed by atoms with Crippen LogP contribution in [-0.4, -0.2) is 47.3 Å². The molecule has 7 heteroatoms. The molecule has 3 rings (SSSR count). The highest BCUT2D eigenvalue weighted by molar-refractivity contribution is 7.85. The van der Waals surface area contributed by atoms with Gasteiger partial charge in [0.2, 0.25) is 5.69 Å². The van der Waals surface area contributed by atoms with Crippen LogP contribution in [0.15, 0.2) is 48.5 Å². The Morgan fingerprint density at radius 2 is 1.77 bits per heavy atom. The van der Waals surface area contributed by atoms with Crippen molar-refractivity contribution in [2.75, 3.05) is 18.9 Å². The molecule has 1 heterocycles. The lowest BCUT2D eigenvalue weighted by Gasteiger charge is -2.22. The van der Waals surface area contributed by atoms with Gasteiger partial charge in [0.15, 0.2) is 12.3 Å². The van der Waals surface area contributed by atoms with Gasteiger partial charge in [0, 0.05) is 30.7 Å². The highest BCUT2D eigenvalue weighted by Crippen LogP contribution is 2.42. The zero-order chi connectivity index (χ0) is 21.8. The molecule has 1 aliphatic rings. The van der Waals surface area contributed by atoms with Gasteiger partial charge in [-0.05, 0) is 44.0 Å². The molecule has 0 saturated heterocycles. The number of hydrogen-bond donors (Lipinski definition) is 1. The number of unbranched alkanes of at least 4 members (excludes halogenated alkanes) is 1. The molecule has 0 saturated carbocycles. The van der Waals surface area contributed by atoms with E-state index in [-0.39, 0.29) is 16.9 Å². The summed E-state index contributed by atoms with van der Waals surface area (Å²) in [6.07, 6.45) is 2.70. The van der Waals surface area contributed by atoms with Crippen LogP contribution in [0.3, 0.4) is 0 Å². The number of aromatic hydroxyl groups is 1. The number of rotatable bonds is 10. The number of fused-ring (bicyclic) bond motifs is 1. The highest BCUT2D eigenvalue weighted by atomic mass is 32.2. The number of phenolic OH excluding ortho intramolecular Hbond substituents is 1. The molecule has 0 bridgehead atoms. The zero-order valence-electron chi connectivity index (χ0n) is 17.5. The SMILES string of the molecule is CC1=[N+](CCCOc2ccc(O)cc2)c2ccccc2C1(C)CCCCS(=O)(=O)[O-]. The summed E-state index contributed by atoms with van der Waals surface area (Å²) in [4.78, 5) is 0. The lowest BCUT2D eigenvalue weighted by Crippen LogP contribution is -2.30. The van der Waals surface area contributed by atoms with E-state index in [2.05, 4.69) is 30.6 Å². The second kappa shape index (κ2) is 9.18. The van der Waals surface area contributed by atoms with Crippen molar-refractivity contribution in [3.05, 3.63) is 54.1 Å². The minimum atomic E-state index is -4.16. The van der Waals surface area contributed by atoms with Crippen molar-refractivity contribution in [3.63, 3.8) is 0 Å². The maximum absolute atomic E-state index is 10.9. The van der Waals surface area contributed by atoms with Gasteiger partial charge in [0.05, 0.1) is 22.1 Å². The predicted molar refractivity (Wildman–Crippen MR) is 116 cm³/mol. The van der Waals surface area contributed by atoms with Crippen LogP contribution in [0.5, 0.6) is 11.5 Å². The van der Waals surface area contributed by atoms with E-state index in [9.17, 15) is 18.1 Å². The largest absolute Gasteiger partial charge is 0.748 e. The van der Waals surface area contributed by atoms with Crippen LogP contribution in [-0.2, 0) is 15.5 Å². The summed E-state index contributed by atoms with van der Waals surface area (Å²) >= 11 is 0. The monoisotopic (exact) mass is 431 g/mol. The Hall–Kier alpha value is -2.38. The minimum Gasteiger partial charge on any atom is -0.748 e. The number of hydrogen-bond acceptors (Lipinski definition) is 5. The van der Waals surface area contributed by atoms with E-state index in [0.29, 0.717) is 19.4 Å². The first-order chi connectivity index (χ1) is 14.2. The van der Waals surface area contributed by atoms with E-state index in [1.807, 2.05) is 12.1 Å². The van der Waals surface area contributed by atoms with E-state index in [0.717, 1.165) is 25.1 Å². The van der Waals surface area contributed by atoms with Crippen LogP contribution in [0.4, 0.5) is 5.69 Å². The standard InChI is InChI=1S/C23H29NO5S/c1-18-23(2,14-5-6-17-30(26,27)28)21-8-3-4-9-22(21)24(18)15-7-16-29-20-12-10-19(25)11-13-20/h3-4,8-13H,5-7,14-17H2,1-2H3,(H-,25,26,27,28). The average Bonchev–Trinajstić information content (AvgIpc) is 2.91. The van der Waals surface area contributed by atoms with Crippen LogP contribution in [0.25, 0.3) is 0 Å². The molecule has 0 radical (unpaired) electrons. The molecule has 1 aliphatic heterocycles. The molecule has 1 N–H and O–H groups in total. The van der Waals surface area contributed by atoms with Crippen molar-refractivity contribution in [3.8, 4) is 11.5 Å². The molecule has 0 fully saturated rings. The van der Waals surface area contributed by atoms with Crippen molar-refractivity contribution in [2.24, 2.45) is 0 Å². The zero-order valence-corrected chi connectivity index (χ0v) is 18.3. The van der Waals surface area contributed by atoms with Crippen LogP contribution >= 0.6 is 0 Å². The smallest absolute Gasteiger partial charge is 0.209 e. The van der Waals surface area contributed by atoms with Crippen LogP contribution in [0, 0.1) is 0 Å². The van der Waals surface area contributed by atoms with E-state index in [1.165, 1.54) is 17.0 Å². The maximum atomic E-state index is 10.9. The molecule has 162 valence electrons. The van der Waals surface area contributed by atoms with Gasteiger partial charge in [-0.1, -0.05) is 24.6 Å². The summed E-state index contributed by atoms with van der Waals surface area (Å²) in [5.41, 5.74) is 3.48. The van der Waals surface area contributed by atoms with Gasteiger partial charge in [-0.3, -0.25) is 0 Å². The molecular weight excluding hydrogens is 402 g/mol. The number of ether oxygens (including phenoxy) is 1. The van der Waals surface area contributed by atoms with Gasteiger partial charge in [-0.15, -0.1) is 0 Å². The van der Waals surface area contributed by atoms with E-state index < -0.39 is 10.1 Å². The van der Waals surface area contributed by atoms with Gasteiger partial charge < -0.3 is 14.4 Å². The van der Waals surface area contributed by atoms with Crippen molar-refractivity contribution in [1.29, 1.82) is 0 Å². The first-order valence-electron chi connectivity index (χ1n) is 10.3. The summed E-state index contributed by atoms with van der Waals surface area (Å²) in [6, 6.07) is 15.0. The second-order valence-corrected chi connectivity index (χ2v) is 9.52. The average molecular weight is 432 g/mol. The van der Waals surface area contributed by atoms with E-state index in [4.69, 9.17) is 4.74 Å². The molecule has 30 heavy (non-hydrogen) atoms. The van der Waals surface area contributed by atoms with Crippen LogP contribution in [0.2, 0.25) is 0 Å². The van der Waals surface area contributed by atoms with Crippen molar-refractivity contribution in [2.45, 2.75) is 44.9 Å². The molecular formula is C23H29NO5S. The molecule has 2 aromatic rings. The fourth-order valence-corrected chi connectivity index (χ4v) is 4.72. The number of nitrogens with zero attached hydrogens (tertiary/aromatic N) is 1. The predicted octanol–water partition coefficient (Wildman–Crippen LogP) is 3.95. The number of benzene rings is 2. The topological polar surface area (TPSA) is 89.7 Å². The third kappa shape index (κ3) is 5.21. The normalized spacial score (nSPS) is 18.5. The summed E-state index contributed by atoms with van der Waals surface area (Å²) in [5, 5.41) is 9.35. The van der Waals surface area contributed by atoms with Gasteiger partial charge in [-0.2, -0.15) is 4.58 Å². The van der Waals surface area contributed by atoms with E-state index >= 15 is 0 Å². The van der Waals surface area contributed by atoms with E-state index in [1.54, 1.807) is 24.3 Å². The molecule has 2 aromatic carbocycles. The van der Waals surface area contributed by atoms with Gasteiger partial charge in [-0.25, -0.2) is 8.42 Å². The Morgan fingerprint density at radius 3 is 2.47 bits per heavy atom. The summed E-state index contributed by atoms with van der Waals surface area (Å²) < 4.78 is 40.8. The fourth-order valence-electron chi connectivity index (χ4n) is 4.17. The van der Waals surface area contributed by atoms with Gasteiger partial charge >= 0.3 is 0 Å². The Labute approximate surface area is 178 Å². The van der Waals surface area contributed by atoms with Crippen molar-refractivity contribution >= 4 is 21.5 Å². The van der Waals surface area contributed by atoms with Gasteiger partial charge in [0.25, 0.3) is 0 Å². The lowest BCUT2D eigenvalue weighted by atomic mass is 9.76. The fraction of sp³-hybridized carbons (Fsp3) is 0.435. The maximum Gasteiger partial charge on any atom is 0.209 e. The number of phenols is 1. The Balaban J connectivity index is 1.65. The lowest BCUT2D eigenvalue weighted by molar-refractivity contribution is -0.440. The van der Waals surface area contributed by atoms with Crippen molar-refractivity contribution < 1.29 is 27.4 Å². The molecule has 0 aliphatic carbocycles. The molecule has 0 amide bonds. The summed E-state index contributed by atoms with van der Waals surface area (Å²) in [6.45, 7) is 5.70. The van der Waals surface area contributed by atoms with Crippen LogP contribution < -0.4 is 4.74 Å². The Bertz CT molecular complexity index is 1010. The third-order valence-electron chi connectivity index (χ3n) is 5.95. The molecule has 6 nitrogen and oxygen atoms in total. The van der Waals surface area contributed by atoms with Crippen molar-refractivity contribution in [1.82, 2.24) is 0 Å². The summed E-state index contributed by atoms with van der Waals surface area (Å²) in [5.74, 6) is 0.643. The Kier molecular flexibility index (Phi) is 6.83. The summed E-state index contributed by atoms with van der Waals surface area (Å²) in [7, 11) is -4.16. The van der Waals surface area contributed by atoms with Gasteiger partial charge in [0.1, 0.15) is 11.5 Å². The second-order valence-electron chi connectivity index (χ2n) is 8.00. The molecule has 0 spiro atoms. The quantitative estimate of drug-likeness (QED) is 0.349. The highest BCUT2D eigenvalue weighted by Gasteiger charge is 2.45. The first-order valence-corrected chi connectivity index (χ1v) is 11.8.